The van der Waals surface area contributed by atoms with E-state index in [9.17, 15) is 0 Å². The Morgan fingerprint density at radius 1 is 0.353 bits per heavy atom. The molecule has 0 saturated heterocycles. The fourth-order valence-corrected chi connectivity index (χ4v) is 11.9. The summed E-state index contributed by atoms with van der Waals surface area (Å²) in [5, 5.41) is 9.67. The predicted octanol–water partition coefficient (Wildman–Crippen LogP) is 18.7. The van der Waals surface area contributed by atoms with Crippen molar-refractivity contribution >= 4 is 103 Å². The molecule has 318 valence electrons. The molecular formula is C64H40N2OS. The van der Waals surface area contributed by atoms with Crippen molar-refractivity contribution in [3.63, 3.8) is 0 Å². The third-order valence-corrected chi connectivity index (χ3v) is 14.9. The normalized spacial score (nSPS) is 11.8. The summed E-state index contributed by atoms with van der Waals surface area (Å²) in [6.45, 7) is 0. The first-order valence-corrected chi connectivity index (χ1v) is 24.0. The molecule has 0 amide bonds. The van der Waals surface area contributed by atoms with Crippen molar-refractivity contribution in [1.29, 1.82) is 0 Å². The van der Waals surface area contributed by atoms with Gasteiger partial charge in [-0.3, -0.25) is 0 Å². The molecule has 0 atom stereocenters. The fourth-order valence-electron chi connectivity index (χ4n) is 10.7. The van der Waals surface area contributed by atoms with Crippen LogP contribution >= 0.6 is 11.3 Å². The van der Waals surface area contributed by atoms with Gasteiger partial charge in [0, 0.05) is 69.7 Å². The third kappa shape index (κ3) is 6.05. The molecule has 3 nitrogen and oxygen atoms in total. The van der Waals surface area contributed by atoms with E-state index in [0.717, 1.165) is 66.8 Å². The Labute approximate surface area is 396 Å². The van der Waals surface area contributed by atoms with Gasteiger partial charge in [-0.15, -0.1) is 11.3 Å². The molecule has 14 rings (SSSR count). The average Bonchev–Trinajstić information content (AvgIpc) is 4.10. The van der Waals surface area contributed by atoms with E-state index in [1.54, 1.807) is 0 Å². The van der Waals surface area contributed by atoms with Crippen molar-refractivity contribution in [3.8, 4) is 39.1 Å². The Morgan fingerprint density at radius 2 is 0.926 bits per heavy atom. The van der Waals surface area contributed by atoms with E-state index in [2.05, 4.69) is 252 Å². The van der Waals surface area contributed by atoms with Crippen LogP contribution < -0.4 is 4.90 Å². The molecule has 4 heteroatoms. The van der Waals surface area contributed by atoms with Crippen molar-refractivity contribution in [2.24, 2.45) is 0 Å². The van der Waals surface area contributed by atoms with Crippen LogP contribution in [0.3, 0.4) is 0 Å². The summed E-state index contributed by atoms with van der Waals surface area (Å²) in [5.41, 5.74) is 15.6. The van der Waals surface area contributed by atoms with Gasteiger partial charge in [0.2, 0.25) is 0 Å². The van der Waals surface area contributed by atoms with Crippen LogP contribution in [0.25, 0.3) is 114 Å². The molecule has 0 aliphatic carbocycles. The standard InChI is InChI=1S/C64H40N2OS/c1-2-18-51-41(14-1)34-39-55-62-50(22-12-27-59(62)67-64(51)55)44-15-11-16-47(40-44)65(46-37-32-43(33-38-46)49-23-13-29-61-63(49)54-21-6-10-28-60(54)68-61)45-35-30-42(31-36-45)48-17-3-7-24-56(48)66-57-25-8-4-19-52(57)53-20-5-9-26-58(53)66/h1-40H. The summed E-state index contributed by atoms with van der Waals surface area (Å²) in [7, 11) is 0. The van der Waals surface area contributed by atoms with Gasteiger partial charge in [0.1, 0.15) is 11.2 Å². The lowest BCUT2D eigenvalue weighted by Crippen LogP contribution is -2.10. The van der Waals surface area contributed by atoms with Gasteiger partial charge in [0.25, 0.3) is 0 Å². The second kappa shape index (κ2) is 15.5. The lowest BCUT2D eigenvalue weighted by molar-refractivity contribution is 0.673. The van der Waals surface area contributed by atoms with Crippen LogP contribution in [0.4, 0.5) is 17.1 Å². The van der Waals surface area contributed by atoms with Gasteiger partial charge in [-0.1, -0.05) is 164 Å². The number of rotatable bonds is 7. The van der Waals surface area contributed by atoms with Crippen LogP contribution in [0, 0.1) is 0 Å². The molecule has 0 bridgehead atoms. The van der Waals surface area contributed by atoms with Gasteiger partial charge in [0.15, 0.2) is 0 Å². The van der Waals surface area contributed by atoms with Gasteiger partial charge in [-0.25, -0.2) is 0 Å². The Bertz CT molecular complexity index is 4210. The summed E-state index contributed by atoms with van der Waals surface area (Å²) < 4.78 is 11.7. The van der Waals surface area contributed by atoms with Gasteiger partial charge in [0.05, 0.1) is 16.7 Å². The summed E-state index contributed by atoms with van der Waals surface area (Å²) in [5.74, 6) is 0. The Hall–Kier alpha value is -8.70. The maximum atomic E-state index is 6.65. The minimum Gasteiger partial charge on any atom is -0.455 e. The van der Waals surface area contributed by atoms with Crippen LogP contribution in [0.5, 0.6) is 0 Å². The van der Waals surface area contributed by atoms with Crippen molar-refractivity contribution in [1.82, 2.24) is 4.57 Å². The molecule has 0 radical (unpaired) electrons. The number of nitrogens with zero attached hydrogens (tertiary/aromatic N) is 2. The Morgan fingerprint density at radius 3 is 1.69 bits per heavy atom. The maximum Gasteiger partial charge on any atom is 0.143 e. The van der Waals surface area contributed by atoms with Crippen LogP contribution in [0.15, 0.2) is 247 Å². The minimum atomic E-state index is 0.886. The van der Waals surface area contributed by atoms with Crippen LogP contribution in [-0.2, 0) is 0 Å². The highest BCUT2D eigenvalue weighted by Gasteiger charge is 2.20. The van der Waals surface area contributed by atoms with Crippen LogP contribution in [0.2, 0.25) is 0 Å². The lowest BCUT2D eigenvalue weighted by atomic mass is 9.97. The SMILES string of the molecule is c1cc(-c2cccc3oc4c5ccccc5ccc4c23)cc(N(c2ccc(-c3ccccc3-n3c4ccccc4c4ccccc43)cc2)c2ccc(-c3cccc4sc5ccccc5c34)cc2)c1. The molecule has 3 heterocycles. The van der Waals surface area contributed by atoms with E-state index in [4.69, 9.17) is 4.42 Å². The predicted molar refractivity (Wildman–Crippen MR) is 289 cm³/mol. The van der Waals surface area contributed by atoms with Crippen LogP contribution in [0.1, 0.15) is 0 Å². The fraction of sp³-hybridized carbons (Fsp3) is 0. The molecule has 0 spiro atoms. The van der Waals surface area contributed by atoms with Crippen molar-refractivity contribution in [2.75, 3.05) is 4.90 Å². The molecule has 68 heavy (non-hydrogen) atoms. The van der Waals surface area contributed by atoms with Gasteiger partial charge >= 0.3 is 0 Å². The molecule has 3 aromatic heterocycles. The monoisotopic (exact) mass is 884 g/mol. The van der Waals surface area contributed by atoms with E-state index in [0.29, 0.717) is 0 Å². The third-order valence-electron chi connectivity index (χ3n) is 13.8. The summed E-state index contributed by atoms with van der Waals surface area (Å²) in [6, 6.07) is 88.1. The molecule has 0 aliphatic heterocycles. The number of para-hydroxylation sites is 3. The first-order chi connectivity index (χ1) is 33.7. The first-order valence-electron chi connectivity index (χ1n) is 23.2. The second-order valence-electron chi connectivity index (χ2n) is 17.6. The molecule has 11 aromatic carbocycles. The smallest absolute Gasteiger partial charge is 0.143 e. The zero-order valence-corrected chi connectivity index (χ0v) is 37.6. The van der Waals surface area contributed by atoms with Crippen molar-refractivity contribution in [2.45, 2.75) is 0 Å². The zero-order chi connectivity index (χ0) is 44.7. The molecule has 14 aromatic rings. The van der Waals surface area contributed by atoms with E-state index >= 15 is 0 Å². The quantitative estimate of drug-likeness (QED) is 0.159. The highest BCUT2D eigenvalue weighted by molar-refractivity contribution is 7.25. The van der Waals surface area contributed by atoms with Crippen molar-refractivity contribution in [3.05, 3.63) is 243 Å². The highest BCUT2D eigenvalue weighted by atomic mass is 32.1. The molecule has 0 N–H and O–H groups in total. The van der Waals surface area contributed by atoms with E-state index in [1.165, 1.54) is 64.1 Å². The number of fused-ring (bicyclic) bond motifs is 11. The highest BCUT2D eigenvalue weighted by Crippen LogP contribution is 2.45. The zero-order valence-electron chi connectivity index (χ0n) is 36.8. The lowest BCUT2D eigenvalue weighted by Gasteiger charge is -2.27. The largest absolute Gasteiger partial charge is 0.455 e. The first kappa shape index (κ1) is 38.6. The molecule has 0 aliphatic rings. The maximum absolute atomic E-state index is 6.65. The van der Waals surface area contributed by atoms with E-state index in [1.807, 2.05) is 11.3 Å². The van der Waals surface area contributed by atoms with Gasteiger partial charge in [-0.2, -0.15) is 0 Å². The summed E-state index contributed by atoms with van der Waals surface area (Å²) in [4.78, 5) is 2.39. The minimum absolute atomic E-state index is 0.886. The number of aromatic nitrogens is 1. The van der Waals surface area contributed by atoms with E-state index in [-0.39, 0.29) is 0 Å². The van der Waals surface area contributed by atoms with Gasteiger partial charge in [-0.05, 0) is 112 Å². The van der Waals surface area contributed by atoms with E-state index < -0.39 is 0 Å². The summed E-state index contributed by atoms with van der Waals surface area (Å²) >= 11 is 1.86. The average molecular weight is 885 g/mol. The molecule has 0 unspecified atom stereocenters. The number of thiophene rings is 1. The number of hydrogen-bond acceptors (Lipinski definition) is 3. The summed E-state index contributed by atoms with van der Waals surface area (Å²) in [6.07, 6.45) is 0. The molecule has 0 saturated carbocycles. The number of furan rings is 1. The number of anilines is 3. The van der Waals surface area contributed by atoms with Crippen molar-refractivity contribution < 1.29 is 4.42 Å². The number of hydrogen-bond donors (Lipinski definition) is 0. The van der Waals surface area contributed by atoms with Crippen LogP contribution in [-0.4, -0.2) is 4.57 Å². The topological polar surface area (TPSA) is 21.3 Å². The molecule has 0 fully saturated rings. The Balaban J connectivity index is 0.913. The van der Waals surface area contributed by atoms with Gasteiger partial charge < -0.3 is 13.9 Å². The molecular weight excluding hydrogens is 845 g/mol. The number of benzene rings is 11. The Kier molecular flexibility index (Phi) is 8.76. The second-order valence-corrected chi connectivity index (χ2v) is 18.7.